The molecule has 1 heterocycles. The second-order valence-corrected chi connectivity index (χ2v) is 2.62. The first-order valence-electron chi connectivity index (χ1n) is 3.97. The first kappa shape index (κ1) is 9.79. The molecule has 74 valence electrons. The molecule has 1 saturated heterocycles. The number of likely N-dealkylation sites (N-methyl/N-ethyl adjacent to an activating group) is 1. The van der Waals surface area contributed by atoms with Crippen molar-refractivity contribution in [2.75, 3.05) is 26.7 Å². The number of ether oxygens (including phenoxy) is 2. The van der Waals surface area contributed by atoms with Gasteiger partial charge in [0, 0.05) is 0 Å². The second kappa shape index (κ2) is 4.66. The van der Waals surface area contributed by atoms with Gasteiger partial charge in [-0.05, 0) is 7.05 Å². The van der Waals surface area contributed by atoms with Gasteiger partial charge >= 0.3 is 12.1 Å². The molecule has 1 aliphatic rings. The molecule has 2 N–H and O–H groups in total. The molecular weight excluding hydrogens is 176 g/mol. The lowest BCUT2D eigenvalue weighted by Gasteiger charge is -2.08. The van der Waals surface area contributed by atoms with Crippen LogP contribution in [0.3, 0.4) is 0 Å². The minimum Gasteiger partial charge on any atom is -0.461 e. The lowest BCUT2D eigenvalue weighted by molar-refractivity contribution is -0.144. The SMILES string of the molecule is CNCC(=O)OCC1CNC(=O)O1. The molecule has 1 aliphatic heterocycles. The molecular formula is C7H12N2O4. The molecule has 1 atom stereocenters. The van der Waals surface area contributed by atoms with Crippen molar-refractivity contribution in [3.05, 3.63) is 0 Å². The monoisotopic (exact) mass is 188 g/mol. The average molecular weight is 188 g/mol. The lowest BCUT2D eigenvalue weighted by atomic mass is 10.4. The Morgan fingerprint density at radius 3 is 3.15 bits per heavy atom. The van der Waals surface area contributed by atoms with Crippen LogP contribution in [0, 0.1) is 0 Å². The fourth-order valence-corrected chi connectivity index (χ4v) is 0.906. The van der Waals surface area contributed by atoms with Crippen LogP contribution in [-0.4, -0.2) is 44.9 Å². The van der Waals surface area contributed by atoms with E-state index in [2.05, 4.69) is 10.6 Å². The third-order valence-corrected chi connectivity index (χ3v) is 1.50. The average Bonchev–Trinajstić information content (AvgIpc) is 2.49. The fraction of sp³-hybridized carbons (Fsp3) is 0.714. The minimum atomic E-state index is -0.463. The highest BCUT2D eigenvalue weighted by Crippen LogP contribution is 1.99. The molecule has 13 heavy (non-hydrogen) atoms. The summed E-state index contributed by atoms with van der Waals surface area (Å²) < 4.78 is 9.54. The highest BCUT2D eigenvalue weighted by molar-refractivity contribution is 5.72. The molecule has 0 spiro atoms. The fourth-order valence-electron chi connectivity index (χ4n) is 0.906. The molecule has 1 unspecified atom stereocenters. The van der Waals surface area contributed by atoms with Gasteiger partial charge in [0.15, 0.2) is 6.10 Å². The van der Waals surface area contributed by atoms with Gasteiger partial charge in [0.1, 0.15) is 6.61 Å². The van der Waals surface area contributed by atoms with Crippen molar-refractivity contribution < 1.29 is 19.1 Å². The van der Waals surface area contributed by atoms with Gasteiger partial charge in [-0.25, -0.2) is 4.79 Å². The lowest BCUT2D eigenvalue weighted by Crippen LogP contribution is -2.27. The number of amides is 1. The van der Waals surface area contributed by atoms with Crippen molar-refractivity contribution in [3.63, 3.8) is 0 Å². The van der Waals surface area contributed by atoms with Crippen LogP contribution in [0.2, 0.25) is 0 Å². The second-order valence-electron chi connectivity index (χ2n) is 2.62. The summed E-state index contributed by atoms with van der Waals surface area (Å²) >= 11 is 0. The number of carbonyl (C=O) groups excluding carboxylic acids is 2. The Hall–Kier alpha value is -1.30. The Bertz CT molecular complexity index is 207. The maximum atomic E-state index is 10.8. The van der Waals surface area contributed by atoms with E-state index in [-0.39, 0.29) is 25.2 Å². The molecule has 1 fully saturated rings. The quantitative estimate of drug-likeness (QED) is 0.545. The zero-order chi connectivity index (χ0) is 9.68. The smallest absolute Gasteiger partial charge is 0.407 e. The Labute approximate surface area is 75.6 Å². The number of cyclic esters (lactones) is 1. The van der Waals surface area contributed by atoms with Crippen molar-refractivity contribution in [1.29, 1.82) is 0 Å². The summed E-state index contributed by atoms with van der Waals surface area (Å²) in [7, 11) is 1.65. The summed E-state index contributed by atoms with van der Waals surface area (Å²) in [4.78, 5) is 21.4. The summed E-state index contributed by atoms with van der Waals surface area (Å²) in [6.07, 6.45) is -0.817. The topological polar surface area (TPSA) is 76.7 Å². The van der Waals surface area contributed by atoms with E-state index in [4.69, 9.17) is 9.47 Å². The standard InChI is InChI=1S/C7H12N2O4/c1-8-3-6(10)12-4-5-2-9-7(11)13-5/h5,8H,2-4H2,1H3,(H,9,11). The highest BCUT2D eigenvalue weighted by atomic mass is 16.6. The molecule has 6 heteroatoms. The van der Waals surface area contributed by atoms with Crippen LogP contribution in [-0.2, 0) is 14.3 Å². The first-order chi connectivity index (χ1) is 6.22. The summed E-state index contributed by atoms with van der Waals surface area (Å²) in [6.45, 7) is 0.666. The van der Waals surface area contributed by atoms with Crippen LogP contribution in [0.15, 0.2) is 0 Å². The van der Waals surface area contributed by atoms with E-state index >= 15 is 0 Å². The van der Waals surface area contributed by atoms with Crippen molar-refractivity contribution >= 4 is 12.1 Å². The van der Waals surface area contributed by atoms with Gasteiger partial charge in [0.2, 0.25) is 0 Å². The molecule has 0 bridgehead atoms. The van der Waals surface area contributed by atoms with Crippen LogP contribution < -0.4 is 10.6 Å². The Balaban J connectivity index is 2.12. The Morgan fingerprint density at radius 2 is 2.62 bits per heavy atom. The maximum absolute atomic E-state index is 10.8. The minimum absolute atomic E-state index is 0.110. The third kappa shape index (κ3) is 3.29. The third-order valence-electron chi connectivity index (χ3n) is 1.50. The molecule has 6 nitrogen and oxygen atoms in total. The van der Waals surface area contributed by atoms with Gasteiger partial charge in [0.05, 0.1) is 13.1 Å². The number of rotatable bonds is 4. The molecule has 1 amide bonds. The van der Waals surface area contributed by atoms with E-state index < -0.39 is 6.09 Å². The van der Waals surface area contributed by atoms with Crippen molar-refractivity contribution in [2.24, 2.45) is 0 Å². The molecule has 0 radical (unpaired) electrons. The zero-order valence-electron chi connectivity index (χ0n) is 7.33. The number of hydrogen-bond donors (Lipinski definition) is 2. The van der Waals surface area contributed by atoms with Crippen LogP contribution in [0.4, 0.5) is 4.79 Å². The van der Waals surface area contributed by atoms with Crippen LogP contribution in [0.1, 0.15) is 0 Å². The predicted octanol–water partition coefficient (Wildman–Crippen LogP) is -1.14. The highest BCUT2D eigenvalue weighted by Gasteiger charge is 2.23. The molecule has 0 aromatic carbocycles. The normalized spacial score (nSPS) is 20.7. The van der Waals surface area contributed by atoms with Crippen LogP contribution in [0.25, 0.3) is 0 Å². The number of nitrogens with one attached hydrogen (secondary N) is 2. The van der Waals surface area contributed by atoms with Gasteiger partial charge in [-0.3, -0.25) is 4.79 Å². The summed E-state index contributed by atoms with van der Waals surface area (Å²) in [6, 6.07) is 0. The molecule has 0 aromatic heterocycles. The molecule has 0 aromatic rings. The van der Waals surface area contributed by atoms with Gasteiger partial charge in [0.25, 0.3) is 0 Å². The van der Waals surface area contributed by atoms with E-state index in [1.54, 1.807) is 7.05 Å². The summed E-state index contributed by atoms with van der Waals surface area (Å²) in [5, 5.41) is 5.11. The molecule has 0 saturated carbocycles. The largest absolute Gasteiger partial charge is 0.461 e. The van der Waals surface area contributed by atoms with Gasteiger partial charge in [-0.1, -0.05) is 0 Å². The number of carbonyl (C=O) groups is 2. The number of hydrogen-bond acceptors (Lipinski definition) is 5. The zero-order valence-corrected chi connectivity index (χ0v) is 7.33. The van der Waals surface area contributed by atoms with Gasteiger partial charge in [-0.15, -0.1) is 0 Å². The summed E-state index contributed by atoms with van der Waals surface area (Å²) in [5.41, 5.74) is 0. The van der Waals surface area contributed by atoms with Crippen molar-refractivity contribution in [1.82, 2.24) is 10.6 Å². The summed E-state index contributed by atoms with van der Waals surface area (Å²) in [5.74, 6) is -0.356. The Morgan fingerprint density at radius 1 is 1.85 bits per heavy atom. The van der Waals surface area contributed by atoms with Gasteiger partial charge < -0.3 is 20.1 Å². The van der Waals surface area contributed by atoms with E-state index in [0.29, 0.717) is 6.54 Å². The van der Waals surface area contributed by atoms with Crippen molar-refractivity contribution in [3.8, 4) is 0 Å². The molecule has 1 rings (SSSR count). The van der Waals surface area contributed by atoms with E-state index in [1.807, 2.05) is 0 Å². The van der Waals surface area contributed by atoms with E-state index in [9.17, 15) is 9.59 Å². The number of esters is 1. The number of alkyl carbamates (subject to hydrolysis) is 1. The van der Waals surface area contributed by atoms with E-state index in [1.165, 1.54) is 0 Å². The first-order valence-corrected chi connectivity index (χ1v) is 3.97. The Kier molecular flexibility index (Phi) is 3.51. The van der Waals surface area contributed by atoms with Crippen molar-refractivity contribution in [2.45, 2.75) is 6.10 Å². The van der Waals surface area contributed by atoms with E-state index in [0.717, 1.165) is 0 Å². The maximum Gasteiger partial charge on any atom is 0.407 e. The van der Waals surface area contributed by atoms with Crippen LogP contribution in [0.5, 0.6) is 0 Å². The molecule has 0 aliphatic carbocycles. The predicted molar refractivity (Wildman–Crippen MR) is 43.2 cm³/mol. The van der Waals surface area contributed by atoms with Crippen LogP contribution >= 0.6 is 0 Å². The van der Waals surface area contributed by atoms with Gasteiger partial charge in [-0.2, -0.15) is 0 Å².